The zero-order chi connectivity index (χ0) is 18.9. The fourth-order valence-corrected chi connectivity index (χ4v) is 3.37. The van der Waals surface area contributed by atoms with Crippen LogP contribution in [-0.4, -0.2) is 63.3 Å². The summed E-state index contributed by atoms with van der Waals surface area (Å²) in [5.74, 6) is 0. The van der Waals surface area contributed by atoms with Gasteiger partial charge < -0.3 is 8.97 Å². The van der Waals surface area contributed by atoms with E-state index in [2.05, 4.69) is 55.9 Å². The van der Waals surface area contributed by atoms with E-state index in [4.69, 9.17) is 0 Å². The summed E-state index contributed by atoms with van der Waals surface area (Å²) in [5.41, 5.74) is 0. The Kier molecular flexibility index (Phi) is 17.9. The third kappa shape index (κ3) is 20.0. The molecule has 24 heavy (non-hydrogen) atoms. The first-order valence-electron chi connectivity index (χ1n) is 10.9. The first-order valence-corrected chi connectivity index (χ1v) is 10.9. The number of nitrogens with zero attached hydrogens (tertiary/aromatic N) is 2. The summed E-state index contributed by atoms with van der Waals surface area (Å²) in [4.78, 5) is 0. The Morgan fingerprint density at radius 2 is 0.708 bits per heavy atom. The standard InChI is InChI=1S/2C11H26N/c2*1-5-7-8-9-11-12(3,4)10-6-2/h2*5-11H2,1-4H3/q2*+1. The van der Waals surface area contributed by atoms with Gasteiger partial charge in [-0.1, -0.05) is 53.4 Å². The molecule has 2 nitrogen and oxygen atoms in total. The lowest BCUT2D eigenvalue weighted by atomic mass is 10.2. The van der Waals surface area contributed by atoms with Crippen LogP contribution in [0, 0.1) is 0 Å². The van der Waals surface area contributed by atoms with Crippen molar-refractivity contribution in [1.82, 2.24) is 0 Å². The maximum Gasteiger partial charge on any atom is 0.0782 e. The molecule has 0 fully saturated rings. The van der Waals surface area contributed by atoms with Gasteiger partial charge >= 0.3 is 0 Å². The van der Waals surface area contributed by atoms with Gasteiger partial charge in [-0.2, -0.15) is 0 Å². The first kappa shape index (κ1) is 26.2. The van der Waals surface area contributed by atoms with Crippen LogP contribution in [0.2, 0.25) is 0 Å². The molecule has 0 aromatic rings. The van der Waals surface area contributed by atoms with Gasteiger partial charge in [0.15, 0.2) is 0 Å². The van der Waals surface area contributed by atoms with Crippen molar-refractivity contribution < 1.29 is 8.97 Å². The predicted octanol–water partition coefficient (Wildman–Crippen LogP) is 6.11. The van der Waals surface area contributed by atoms with E-state index in [-0.39, 0.29) is 0 Å². The molecule has 0 amide bonds. The van der Waals surface area contributed by atoms with Gasteiger partial charge in [-0.15, -0.1) is 0 Å². The lowest BCUT2D eigenvalue weighted by Crippen LogP contribution is -2.40. The molecular formula is C22H52N2+2. The second-order valence-electron chi connectivity index (χ2n) is 8.89. The highest BCUT2D eigenvalue weighted by molar-refractivity contribution is 4.41. The van der Waals surface area contributed by atoms with Gasteiger partial charge in [-0.25, -0.2) is 0 Å². The van der Waals surface area contributed by atoms with Crippen molar-refractivity contribution in [2.45, 2.75) is 91.9 Å². The SMILES string of the molecule is CCCCCC[N+](C)(C)CCC.CCCCCC[N+](C)(C)CCC. The molecule has 0 radical (unpaired) electrons. The quantitative estimate of drug-likeness (QED) is 0.263. The number of hydrogen-bond acceptors (Lipinski definition) is 0. The lowest BCUT2D eigenvalue weighted by Gasteiger charge is -2.29. The predicted molar refractivity (Wildman–Crippen MR) is 113 cm³/mol. The normalized spacial score (nSPS) is 12.0. The molecule has 2 heteroatoms. The summed E-state index contributed by atoms with van der Waals surface area (Å²) in [6.45, 7) is 14.4. The van der Waals surface area contributed by atoms with Crippen LogP contribution < -0.4 is 0 Å². The van der Waals surface area contributed by atoms with Crippen molar-refractivity contribution in [1.29, 1.82) is 0 Å². The second-order valence-corrected chi connectivity index (χ2v) is 8.89. The summed E-state index contributed by atoms with van der Waals surface area (Å²) < 4.78 is 2.42. The van der Waals surface area contributed by atoms with E-state index in [9.17, 15) is 0 Å². The minimum absolute atomic E-state index is 1.21. The Hall–Kier alpha value is -0.0800. The van der Waals surface area contributed by atoms with Gasteiger partial charge in [0.2, 0.25) is 0 Å². The van der Waals surface area contributed by atoms with Gasteiger partial charge in [0, 0.05) is 0 Å². The van der Waals surface area contributed by atoms with Crippen LogP contribution in [0.4, 0.5) is 0 Å². The molecule has 0 spiro atoms. The maximum atomic E-state index is 2.34. The van der Waals surface area contributed by atoms with E-state index in [1.54, 1.807) is 0 Å². The van der Waals surface area contributed by atoms with Crippen LogP contribution in [0.25, 0.3) is 0 Å². The molecule has 0 aliphatic heterocycles. The van der Waals surface area contributed by atoms with E-state index in [1.807, 2.05) is 0 Å². The lowest BCUT2D eigenvalue weighted by molar-refractivity contribution is -0.890. The zero-order valence-electron chi connectivity index (χ0n) is 18.8. The number of hydrogen-bond donors (Lipinski definition) is 0. The van der Waals surface area contributed by atoms with Crippen LogP contribution in [-0.2, 0) is 0 Å². The Morgan fingerprint density at radius 3 is 0.958 bits per heavy atom. The Labute approximate surface area is 155 Å². The summed E-state index contributed by atoms with van der Waals surface area (Å²) in [6, 6.07) is 0. The van der Waals surface area contributed by atoms with Crippen molar-refractivity contribution in [3.05, 3.63) is 0 Å². The third-order valence-corrected chi connectivity index (χ3v) is 4.89. The minimum atomic E-state index is 1.21. The molecule has 0 rings (SSSR count). The molecule has 148 valence electrons. The van der Waals surface area contributed by atoms with Crippen LogP contribution >= 0.6 is 0 Å². The first-order chi connectivity index (χ1) is 11.2. The number of quaternary nitrogens is 2. The zero-order valence-corrected chi connectivity index (χ0v) is 18.8. The topological polar surface area (TPSA) is 0 Å². The fourth-order valence-electron chi connectivity index (χ4n) is 3.37. The van der Waals surface area contributed by atoms with Crippen LogP contribution in [0.3, 0.4) is 0 Å². The summed E-state index contributed by atoms with van der Waals surface area (Å²) in [7, 11) is 9.37. The third-order valence-electron chi connectivity index (χ3n) is 4.89. The van der Waals surface area contributed by atoms with Crippen molar-refractivity contribution >= 4 is 0 Å². The molecule has 0 saturated carbocycles. The van der Waals surface area contributed by atoms with Crippen LogP contribution in [0.1, 0.15) is 91.9 Å². The largest absolute Gasteiger partial charge is 0.328 e. The number of rotatable bonds is 14. The fraction of sp³-hybridized carbons (Fsp3) is 1.00. The second kappa shape index (κ2) is 16.4. The van der Waals surface area contributed by atoms with Gasteiger partial charge in [-0.05, 0) is 38.5 Å². The molecule has 0 aromatic carbocycles. The van der Waals surface area contributed by atoms with E-state index in [1.165, 1.54) is 99.4 Å². The minimum Gasteiger partial charge on any atom is -0.328 e. The smallest absolute Gasteiger partial charge is 0.0782 e. The molecule has 0 atom stereocenters. The van der Waals surface area contributed by atoms with Gasteiger partial charge in [0.25, 0.3) is 0 Å². The maximum absolute atomic E-state index is 2.34. The van der Waals surface area contributed by atoms with E-state index < -0.39 is 0 Å². The molecule has 0 aliphatic carbocycles. The number of unbranched alkanes of at least 4 members (excludes halogenated alkanes) is 6. The van der Waals surface area contributed by atoms with Crippen LogP contribution in [0.5, 0.6) is 0 Å². The highest BCUT2D eigenvalue weighted by Gasteiger charge is 2.12. The summed E-state index contributed by atoms with van der Waals surface area (Å²) in [6.07, 6.45) is 13.8. The van der Waals surface area contributed by atoms with Crippen molar-refractivity contribution in [2.75, 3.05) is 54.4 Å². The summed E-state index contributed by atoms with van der Waals surface area (Å²) >= 11 is 0. The monoisotopic (exact) mass is 344 g/mol. The van der Waals surface area contributed by atoms with Gasteiger partial charge in [0.05, 0.1) is 54.4 Å². The van der Waals surface area contributed by atoms with E-state index in [0.717, 1.165) is 0 Å². The Bertz CT molecular complexity index is 220. The molecule has 0 saturated heterocycles. The molecule has 0 aromatic heterocycles. The average Bonchev–Trinajstić information content (AvgIpc) is 2.49. The molecule has 0 unspecified atom stereocenters. The molecule has 0 bridgehead atoms. The van der Waals surface area contributed by atoms with Crippen LogP contribution in [0.15, 0.2) is 0 Å². The molecule has 0 aliphatic rings. The Balaban J connectivity index is 0. The molecule has 0 heterocycles. The van der Waals surface area contributed by atoms with Crippen molar-refractivity contribution in [3.63, 3.8) is 0 Å². The Morgan fingerprint density at radius 1 is 0.375 bits per heavy atom. The summed E-state index contributed by atoms with van der Waals surface area (Å²) in [5, 5.41) is 0. The molecule has 0 N–H and O–H groups in total. The average molecular weight is 345 g/mol. The van der Waals surface area contributed by atoms with E-state index >= 15 is 0 Å². The highest BCUT2D eigenvalue weighted by Crippen LogP contribution is 2.06. The van der Waals surface area contributed by atoms with Gasteiger partial charge in [0.1, 0.15) is 0 Å². The van der Waals surface area contributed by atoms with Crippen molar-refractivity contribution in [2.24, 2.45) is 0 Å². The van der Waals surface area contributed by atoms with E-state index in [0.29, 0.717) is 0 Å². The molecular weight excluding hydrogens is 292 g/mol. The highest BCUT2D eigenvalue weighted by atomic mass is 15.3. The van der Waals surface area contributed by atoms with Crippen molar-refractivity contribution in [3.8, 4) is 0 Å². The van der Waals surface area contributed by atoms with Gasteiger partial charge in [-0.3, -0.25) is 0 Å².